The lowest BCUT2D eigenvalue weighted by Crippen LogP contribution is -2.43. The zero-order valence-corrected chi connectivity index (χ0v) is 10.4. The minimum Gasteiger partial charge on any atom is -0.481 e. The Kier molecular flexibility index (Phi) is 6.96. The average molecular weight is 235 g/mol. The lowest BCUT2D eigenvalue weighted by Gasteiger charge is -2.25. The van der Waals surface area contributed by atoms with Gasteiger partial charge in [0.2, 0.25) is 0 Å². The first kappa shape index (κ1) is 14.7. The van der Waals surface area contributed by atoms with E-state index in [9.17, 15) is 9.90 Å². The Morgan fingerprint density at radius 2 is 2.20 bits per heavy atom. The van der Waals surface area contributed by atoms with E-state index >= 15 is 0 Å². The van der Waals surface area contributed by atoms with Crippen LogP contribution in [-0.4, -0.2) is 46.4 Å². The highest BCUT2D eigenvalue weighted by molar-refractivity contribution is 7.98. The van der Waals surface area contributed by atoms with Crippen molar-refractivity contribution >= 4 is 17.7 Å². The van der Waals surface area contributed by atoms with Crippen molar-refractivity contribution in [3.05, 3.63) is 0 Å². The maximum atomic E-state index is 10.3. The maximum absolute atomic E-state index is 10.3. The highest BCUT2D eigenvalue weighted by Gasteiger charge is 2.20. The fraction of sp³-hybridized carbons (Fsp3) is 0.900. The number of aliphatic hydroxyl groups is 1. The van der Waals surface area contributed by atoms with Crippen molar-refractivity contribution in [2.75, 3.05) is 18.6 Å². The van der Waals surface area contributed by atoms with Gasteiger partial charge in [-0.3, -0.25) is 4.79 Å². The molecule has 0 aliphatic heterocycles. The minimum absolute atomic E-state index is 0.120. The second kappa shape index (κ2) is 7.09. The van der Waals surface area contributed by atoms with Crippen molar-refractivity contribution in [3.63, 3.8) is 0 Å². The van der Waals surface area contributed by atoms with Crippen molar-refractivity contribution in [1.82, 2.24) is 5.32 Å². The molecule has 0 bridgehead atoms. The quantitative estimate of drug-likeness (QED) is 0.584. The van der Waals surface area contributed by atoms with Gasteiger partial charge in [-0.25, -0.2) is 0 Å². The lowest BCUT2D eigenvalue weighted by molar-refractivity contribution is -0.137. The normalized spacial score (nSPS) is 17.1. The Bertz CT molecular complexity index is 197. The van der Waals surface area contributed by atoms with E-state index in [0.717, 1.165) is 0 Å². The van der Waals surface area contributed by atoms with Crippen LogP contribution in [0, 0.1) is 0 Å². The van der Waals surface area contributed by atoms with E-state index in [1.54, 1.807) is 18.7 Å². The topological polar surface area (TPSA) is 69.6 Å². The molecule has 0 rings (SSSR count). The molecule has 0 fully saturated rings. The second-order valence-electron chi connectivity index (χ2n) is 4.14. The minimum atomic E-state index is -0.778. The zero-order chi connectivity index (χ0) is 11.9. The molecule has 2 unspecified atom stereocenters. The summed E-state index contributed by atoms with van der Waals surface area (Å²) in [6, 6.07) is 0.120. The second-order valence-corrected chi connectivity index (χ2v) is 5.01. The van der Waals surface area contributed by atoms with Crippen LogP contribution in [0.4, 0.5) is 0 Å². The summed E-state index contributed by atoms with van der Waals surface area (Å²) >= 11 is 1.59. The SMILES string of the molecule is CSCC(C)(O)CNC(C)CCC(=O)O. The fourth-order valence-electron chi connectivity index (χ4n) is 1.20. The molecule has 90 valence electrons. The first-order chi connectivity index (χ1) is 6.87. The van der Waals surface area contributed by atoms with Crippen LogP contribution in [0.15, 0.2) is 0 Å². The number of carboxylic acids is 1. The molecule has 3 N–H and O–H groups in total. The number of aliphatic carboxylic acids is 1. The van der Waals surface area contributed by atoms with Crippen LogP contribution in [0.25, 0.3) is 0 Å². The molecule has 4 nitrogen and oxygen atoms in total. The van der Waals surface area contributed by atoms with Crippen molar-refractivity contribution in [1.29, 1.82) is 0 Å². The predicted molar refractivity (Wildman–Crippen MR) is 63.3 cm³/mol. The Morgan fingerprint density at radius 1 is 1.60 bits per heavy atom. The van der Waals surface area contributed by atoms with Gasteiger partial charge in [0, 0.05) is 24.8 Å². The molecule has 15 heavy (non-hydrogen) atoms. The lowest BCUT2D eigenvalue weighted by atomic mass is 10.1. The number of carboxylic acid groups (broad SMARTS) is 1. The molecule has 0 saturated carbocycles. The highest BCUT2D eigenvalue weighted by atomic mass is 32.2. The largest absolute Gasteiger partial charge is 0.481 e. The summed E-state index contributed by atoms with van der Waals surface area (Å²) in [5, 5.41) is 21.5. The first-order valence-electron chi connectivity index (χ1n) is 5.04. The molecule has 0 aromatic heterocycles. The standard InChI is InChI=1S/C10H21NO3S/c1-8(4-5-9(12)13)11-6-10(2,14)7-15-3/h8,11,14H,4-7H2,1-3H3,(H,12,13). The van der Waals surface area contributed by atoms with Gasteiger partial charge in [0.15, 0.2) is 0 Å². The van der Waals surface area contributed by atoms with E-state index < -0.39 is 11.6 Å². The van der Waals surface area contributed by atoms with E-state index in [1.807, 2.05) is 13.2 Å². The molecular weight excluding hydrogens is 214 g/mol. The van der Waals surface area contributed by atoms with E-state index in [2.05, 4.69) is 5.32 Å². The molecule has 0 heterocycles. The fourth-order valence-corrected chi connectivity index (χ4v) is 1.92. The van der Waals surface area contributed by atoms with Gasteiger partial charge in [-0.05, 0) is 26.5 Å². The monoisotopic (exact) mass is 235 g/mol. The molecule has 0 saturated heterocycles. The number of hydrogen-bond acceptors (Lipinski definition) is 4. The van der Waals surface area contributed by atoms with Gasteiger partial charge in [0.05, 0.1) is 5.60 Å². The zero-order valence-electron chi connectivity index (χ0n) is 9.62. The third-order valence-electron chi connectivity index (χ3n) is 2.08. The number of nitrogens with one attached hydrogen (secondary N) is 1. The summed E-state index contributed by atoms with van der Waals surface area (Å²) < 4.78 is 0. The van der Waals surface area contributed by atoms with Gasteiger partial charge in [-0.2, -0.15) is 11.8 Å². The van der Waals surface area contributed by atoms with Crippen LogP contribution in [0.5, 0.6) is 0 Å². The van der Waals surface area contributed by atoms with E-state index in [0.29, 0.717) is 18.7 Å². The summed E-state index contributed by atoms with van der Waals surface area (Å²) in [7, 11) is 0. The summed E-state index contributed by atoms with van der Waals surface area (Å²) in [4.78, 5) is 10.3. The van der Waals surface area contributed by atoms with Gasteiger partial charge in [-0.15, -0.1) is 0 Å². The predicted octanol–water partition coefficient (Wildman–Crippen LogP) is 0.943. The third-order valence-corrected chi connectivity index (χ3v) is 2.99. The Hall–Kier alpha value is -0.260. The van der Waals surface area contributed by atoms with Crippen molar-refractivity contribution in [2.45, 2.75) is 38.3 Å². The number of hydrogen-bond donors (Lipinski definition) is 3. The van der Waals surface area contributed by atoms with Gasteiger partial charge < -0.3 is 15.5 Å². The van der Waals surface area contributed by atoms with Gasteiger partial charge in [0.25, 0.3) is 0 Å². The first-order valence-corrected chi connectivity index (χ1v) is 6.43. The van der Waals surface area contributed by atoms with Crippen LogP contribution in [0.2, 0.25) is 0 Å². The Labute approximate surface area is 95.4 Å². The number of rotatable bonds is 8. The summed E-state index contributed by atoms with van der Waals surface area (Å²) in [6.07, 6.45) is 2.70. The van der Waals surface area contributed by atoms with Crippen LogP contribution in [0.1, 0.15) is 26.7 Å². The van der Waals surface area contributed by atoms with Crippen molar-refractivity contribution in [2.24, 2.45) is 0 Å². The van der Waals surface area contributed by atoms with Crippen molar-refractivity contribution < 1.29 is 15.0 Å². The van der Waals surface area contributed by atoms with E-state index in [1.165, 1.54) is 0 Å². The smallest absolute Gasteiger partial charge is 0.303 e. The molecule has 0 aromatic rings. The molecule has 5 heteroatoms. The molecule has 0 aliphatic rings. The molecule has 0 amide bonds. The number of thioether (sulfide) groups is 1. The third kappa shape index (κ3) is 8.72. The Morgan fingerprint density at radius 3 is 2.67 bits per heavy atom. The van der Waals surface area contributed by atoms with Crippen LogP contribution in [-0.2, 0) is 4.79 Å². The molecular formula is C10H21NO3S. The van der Waals surface area contributed by atoms with Gasteiger partial charge in [-0.1, -0.05) is 0 Å². The molecule has 0 radical (unpaired) electrons. The van der Waals surface area contributed by atoms with Crippen LogP contribution in [0.3, 0.4) is 0 Å². The van der Waals surface area contributed by atoms with E-state index in [4.69, 9.17) is 5.11 Å². The van der Waals surface area contributed by atoms with Crippen LogP contribution < -0.4 is 5.32 Å². The average Bonchev–Trinajstić information content (AvgIpc) is 2.11. The summed E-state index contributed by atoms with van der Waals surface area (Å²) in [5.41, 5.74) is -0.725. The summed E-state index contributed by atoms with van der Waals surface area (Å²) in [6.45, 7) is 4.20. The molecule has 0 aromatic carbocycles. The molecule has 0 aliphatic carbocycles. The molecule has 0 spiro atoms. The van der Waals surface area contributed by atoms with Gasteiger partial charge >= 0.3 is 5.97 Å². The van der Waals surface area contributed by atoms with E-state index in [-0.39, 0.29) is 12.5 Å². The summed E-state index contributed by atoms with van der Waals surface area (Å²) in [5.74, 6) is -0.106. The Balaban J connectivity index is 3.69. The van der Waals surface area contributed by atoms with Crippen LogP contribution >= 0.6 is 11.8 Å². The highest BCUT2D eigenvalue weighted by Crippen LogP contribution is 2.09. The maximum Gasteiger partial charge on any atom is 0.303 e. The van der Waals surface area contributed by atoms with Gasteiger partial charge in [0.1, 0.15) is 0 Å². The number of carbonyl (C=O) groups is 1. The van der Waals surface area contributed by atoms with Crippen molar-refractivity contribution in [3.8, 4) is 0 Å². The molecule has 2 atom stereocenters.